The number of carboxylic acids is 1. The van der Waals surface area contributed by atoms with E-state index in [1.807, 2.05) is 0 Å². The van der Waals surface area contributed by atoms with E-state index < -0.39 is 5.97 Å². The maximum absolute atomic E-state index is 10.6. The Morgan fingerprint density at radius 1 is 1.31 bits per heavy atom. The van der Waals surface area contributed by atoms with Crippen molar-refractivity contribution >= 4 is 20.9 Å². The molecule has 0 aromatic heterocycles. The van der Waals surface area contributed by atoms with Gasteiger partial charge in [0.1, 0.15) is 0 Å². The monoisotopic (exact) mass is 252 g/mol. The van der Waals surface area contributed by atoms with Crippen LogP contribution in [0.25, 0.3) is 0 Å². The standard InChI is InChI=1S/C9H16O3Se/c10-5-6-13-8-3-1-7(2-4-8)9(11)12/h7-8,10H,1-6H2,(H,11,12). The molecule has 0 spiro atoms. The van der Waals surface area contributed by atoms with Crippen molar-refractivity contribution in [1.82, 2.24) is 0 Å². The van der Waals surface area contributed by atoms with Gasteiger partial charge in [0.05, 0.1) is 0 Å². The van der Waals surface area contributed by atoms with Gasteiger partial charge in [-0.25, -0.2) is 0 Å². The van der Waals surface area contributed by atoms with Gasteiger partial charge >= 0.3 is 84.3 Å². The Morgan fingerprint density at radius 3 is 2.38 bits per heavy atom. The fourth-order valence-electron chi connectivity index (χ4n) is 1.70. The summed E-state index contributed by atoms with van der Waals surface area (Å²) in [5.41, 5.74) is 0. The zero-order valence-corrected chi connectivity index (χ0v) is 9.32. The summed E-state index contributed by atoms with van der Waals surface area (Å²) < 4.78 is 0. The minimum absolute atomic E-state index is 0.0961. The first-order chi connectivity index (χ1) is 6.24. The Balaban J connectivity index is 2.18. The van der Waals surface area contributed by atoms with E-state index in [9.17, 15) is 4.79 Å². The average Bonchev–Trinajstić information content (AvgIpc) is 2.15. The number of carbonyl (C=O) groups is 1. The summed E-state index contributed by atoms with van der Waals surface area (Å²) in [6.07, 6.45) is 3.79. The molecule has 76 valence electrons. The van der Waals surface area contributed by atoms with E-state index in [1.165, 1.54) is 0 Å². The molecule has 1 aliphatic carbocycles. The molecule has 0 bridgehead atoms. The SMILES string of the molecule is O=C(O)C1CCC([Se]CCO)CC1. The first-order valence-corrected chi connectivity index (χ1v) is 6.89. The molecular formula is C9H16O3Se. The number of hydrogen-bond donors (Lipinski definition) is 2. The summed E-state index contributed by atoms with van der Waals surface area (Å²) in [5, 5.41) is 18.4. The third-order valence-corrected chi connectivity index (χ3v) is 5.32. The Labute approximate surface area is 84.7 Å². The van der Waals surface area contributed by atoms with Gasteiger partial charge in [-0.05, 0) is 0 Å². The first-order valence-electron chi connectivity index (χ1n) is 4.69. The van der Waals surface area contributed by atoms with Crippen LogP contribution in [0.2, 0.25) is 10.1 Å². The van der Waals surface area contributed by atoms with Crippen molar-refractivity contribution in [2.45, 2.75) is 35.8 Å². The quantitative estimate of drug-likeness (QED) is 0.737. The number of aliphatic hydroxyl groups is 1. The third-order valence-electron chi connectivity index (χ3n) is 2.47. The third kappa shape index (κ3) is 3.67. The fourth-order valence-corrected chi connectivity index (χ4v) is 3.89. The van der Waals surface area contributed by atoms with Gasteiger partial charge in [-0.1, -0.05) is 0 Å². The molecule has 0 unspecified atom stereocenters. The fraction of sp³-hybridized carbons (Fsp3) is 0.889. The van der Waals surface area contributed by atoms with E-state index in [4.69, 9.17) is 10.2 Å². The van der Waals surface area contributed by atoms with Crippen molar-refractivity contribution in [2.75, 3.05) is 6.61 Å². The summed E-state index contributed by atoms with van der Waals surface area (Å²) in [7, 11) is 0. The second-order valence-corrected chi connectivity index (χ2v) is 6.36. The van der Waals surface area contributed by atoms with Gasteiger partial charge in [0.25, 0.3) is 0 Å². The molecule has 2 N–H and O–H groups in total. The van der Waals surface area contributed by atoms with Gasteiger partial charge in [0, 0.05) is 0 Å². The van der Waals surface area contributed by atoms with Gasteiger partial charge in [-0.2, -0.15) is 0 Å². The van der Waals surface area contributed by atoms with Crippen LogP contribution < -0.4 is 0 Å². The summed E-state index contributed by atoms with van der Waals surface area (Å²) in [6, 6.07) is 0. The van der Waals surface area contributed by atoms with Crippen LogP contribution in [0.5, 0.6) is 0 Å². The second-order valence-electron chi connectivity index (χ2n) is 3.41. The topological polar surface area (TPSA) is 57.5 Å². The number of aliphatic carboxylic acids is 1. The predicted molar refractivity (Wildman–Crippen MR) is 51.0 cm³/mol. The molecule has 0 atom stereocenters. The van der Waals surface area contributed by atoms with Gasteiger partial charge < -0.3 is 0 Å². The van der Waals surface area contributed by atoms with E-state index >= 15 is 0 Å². The minimum atomic E-state index is -0.631. The van der Waals surface area contributed by atoms with Crippen molar-refractivity contribution in [3.63, 3.8) is 0 Å². The molecular weight excluding hydrogens is 235 g/mol. The molecule has 4 heteroatoms. The van der Waals surface area contributed by atoms with Crippen LogP contribution in [0.15, 0.2) is 0 Å². The van der Waals surface area contributed by atoms with E-state index in [0.717, 1.165) is 35.8 Å². The van der Waals surface area contributed by atoms with Crippen molar-refractivity contribution in [3.05, 3.63) is 0 Å². The number of rotatable bonds is 4. The maximum atomic E-state index is 10.6. The molecule has 1 fully saturated rings. The molecule has 0 aliphatic heterocycles. The van der Waals surface area contributed by atoms with Gasteiger partial charge in [-0.3, -0.25) is 0 Å². The van der Waals surface area contributed by atoms with Crippen molar-refractivity contribution in [1.29, 1.82) is 0 Å². The van der Waals surface area contributed by atoms with E-state index in [0.29, 0.717) is 21.6 Å². The van der Waals surface area contributed by atoms with Gasteiger partial charge in [-0.15, -0.1) is 0 Å². The van der Waals surface area contributed by atoms with Crippen LogP contribution in [0.4, 0.5) is 0 Å². The molecule has 0 radical (unpaired) electrons. The molecule has 13 heavy (non-hydrogen) atoms. The van der Waals surface area contributed by atoms with E-state index in [1.54, 1.807) is 0 Å². The Morgan fingerprint density at radius 2 is 1.92 bits per heavy atom. The molecule has 3 nitrogen and oxygen atoms in total. The molecule has 0 saturated heterocycles. The molecule has 0 aromatic rings. The molecule has 0 aromatic carbocycles. The number of aliphatic hydroxyl groups excluding tert-OH is 1. The molecule has 1 saturated carbocycles. The Hall–Kier alpha value is -0.0505. The zero-order valence-electron chi connectivity index (χ0n) is 7.61. The van der Waals surface area contributed by atoms with Crippen LogP contribution in [0, 0.1) is 5.92 Å². The van der Waals surface area contributed by atoms with Crippen LogP contribution in [-0.4, -0.2) is 37.7 Å². The van der Waals surface area contributed by atoms with E-state index in [2.05, 4.69) is 0 Å². The number of carboxylic acid groups (broad SMARTS) is 1. The number of hydrogen-bond acceptors (Lipinski definition) is 2. The Kier molecular flexibility index (Phi) is 4.78. The molecule has 1 rings (SSSR count). The first kappa shape index (κ1) is 11.0. The van der Waals surface area contributed by atoms with E-state index in [-0.39, 0.29) is 5.92 Å². The summed E-state index contributed by atoms with van der Waals surface area (Å²) in [6.45, 7) is 0.291. The van der Waals surface area contributed by atoms with Crippen LogP contribution in [-0.2, 0) is 4.79 Å². The normalized spacial score (nSPS) is 28.7. The van der Waals surface area contributed by atoms with Crippen molar-refractivity contribution in [3.8, 4) is 0 Å². The van der Waals surface area contributed by atoms with Crippen LogP contribution >= 0.6 is 0 Å². The second kappa shape index (κ2) is 5.63. The average molecular weight is 251 g/mol. The van der Waals surface area contributed by atoms with Crippen molar-refractivity contribution in [2.24, 2.45) is 5.92 Å². The Bertz CT molecular complexity index is 164. The molecule has 0 heterocycles. The predicted octanol–water partition coefficient (Wildman–Crippen LogP) is 1.16. The van der Waals surface area contributed by atoms with Gasteiger partial charge in [0.2, 0.25) is 0 Å². The summed E-state index contributed by atoms with van der Waals surface area (Å²) in [5.74, 6) is -0.728. The molecule has 0 amide bonds. The van der Waals surface area contributed by atoms with Crippen LogP contribution in [0.3, 0.4) is 0 Å². The summed E-state index contributed by atoms with van der Waals surface area (Å²) in [4.78, 5) is 11.4. The molecule has 1 aliphatic rings. The zero-order chi connectivity index (χ0) is 9.68. The van der Waals surface area contributed by atoms with Crippen molar-refractivity contribution < 1.29 is 15.0 Å². The summed E-state index contributed by atoms with van der Waals surface area (Å²) >= 11 is 0.526. The van der Waals surface area contributed by atoms with Gasteiger partial charge in [0.15, 0.2) is 0 Å². The van der Waals surface area contributed by atoms with Crippen LogP contribution in [0.1, 0.15) is 25.7 Å².